The van der Waals surface area contributed by atoms with E-state index in [1.54, 1.807) is 25.0 Å². The highest BCUT2D eigenvalue weighted by Crippen LogP contribution is 2.33. The van der Waals surface area contributed by atoms with Crippen molar-refractivity contribution in [2.24, 2.45) is 5.92 Å². The van der Waals surface area contributed by atoms with Gasteiger partial charge in [-0.05, 0) is 48.6 Å². The van der Waals surface area contributed by atoms with Gasteiger partial charge in [0.05, 0.1) is 38.4 Å². The monoisotopic (exact) mass is 496 g/mol. The lowest BCUT2D eigenvalue weighted by Crippen LogP contribution is -2.19. The number of carbonyl (C=O) groups is 2. The summed E-state index contributed by atoms with van der Waals surface area (Å²) in [4.78, 5) is 30.2. The number of pyridine rings is 1. The summed E-state index contributed by atoms with van der Waals surface area (Å²) in [7, 11) is 4.58. The van der Waals surface area contributed by atoms with Crippen molar-refractivity contribution in [1.29, 1.82) is 0 Å². The average Bonchev–Trinajstić information content (AvgIpc) is 3.14. The quantitative estimate of drug-likeness (QED) is 0.371. The van der Waals surface area contributed by atoms with E-state index in [-0.39, 0.29) is 17.5 Å². The Bertz CT molecular complexity index is 1250. The van der Waals surface area contributed by atoms with E-state index in [9.17, 15) is 9.59 Å². The van der Waals surface area contributed by atoms with Crippen molar-refractivity contribution < 1.29 is 23.8 Å². The van der Waals surface area contributed by atoms with Crippen LogP contribution in [0.2, 0.25) is 0 Å². The number of benzene rings is 1. The summed E-state index contributed by atoms with van der Waals surface area (Å²) in [5.41, 5.74) is 5.34. The molecule has 9 nitrogen and oxygen atoms in total. The van der Waals surface area contributed by atoms with Crippen LogP contribution in [0.15, 0.2) is 24.4 Å². The maximum atomic E-state index is 12.8. The zero-order valence-corrected chi connectivity index (χ0v) is 22.2. The molecule has 194 valence electrons. The number of methoxy groups -OCH3 is 3. The molecule has 1 amide bonds. The number of anilines is 2. The summed E-state index contributed by atoms with van der Waals surface area (Å²) in [5, 5.41) is 7.01. The van der Waals surface area contributed by atoms with Gasteiger partial charge in [0.2, 0.25) is 5.91 Å². The van der Waals surface area contributed by atoms with E-state index in [1.165, 1.54) is 7.11 Å². The molecule has 9 heteroatoms. The van der Waals surface area contributed by atoms with E-state index < -0.39 is 5.97 Å². The first kappa shape index (κ1) is 27.0. The molecule has 0 radical (unpaired) electrons. The highest BCUT2D eigenvalue weighted by Gasteiger charge is 2.26. The van der Waals surface area contributed by atoms with Crippen LogP contribution in [0.3, 0.4) is 0 Å². The minimum Gasteiger partial charge on any atom is -0.496 e. The molecule has 3 rings (SSSR count). The van der Waals surface area contributed by atoms with Crippen molar-refractivity contribution in [3.8, 4) is 5.75 Å². The number of hydrogen-bond acceptors (Lipinski definition) is 7. The third-order valence-electron chi connectivity index (χ3n) is 6.21. The average molecular weight is 497 g/mol. The van der Waals surface area contributed by atoms with E-state index in [0.29, 0.717) is 42.8 Å². The van der Waals surface area contributed by atoms with E-state index >= 15 is 0 Å². The Kier molecular flexibility index (Phi) is 8.93. The zero-order chi connectivity index (χ0) is 26.4. The van der Waals surface area contributed by atoms with Gasteiger partial charge in [0.1, 0.15) is 11.4 Å². The number of carbonyl (C=O) groups excluding carboxylic acids is 2. The summed E-state index contributed by atoms with van der Waals surface area (Å²) >= 11 is 0. The van der Waals surface area contributed by atoms with Gasteiger partial charge in [0.15, 0.2) is 5.69 Å². The number of aromatic nitrogens is 2. The largest absolute Gasteiger partial charge is 0.496 e. The lowest BCUT2D eigenvalue weighted by atomic mass is 10.0. The van der Waals surface area contributed by atoms with Crippen LogP contribution < -0.4 is 15.4 Å². The molecule has 0 fully saturated rings. The second-order valence-electron chi connectivity index (χ2n) is 9.13. The minimum absolute atomic E-state index is 0.167. The van der Waals surface area contributed by atoms with Crippen LogP contribution in [0.1, 0.15) is 47.4 Å². The van der Waals surface area contributed by atoms with Crippen molar-refractivity contribution in [2.75, 3.05) is 38.6 Å². The molecule has 0 atom stereocenters. The lowest BCUT2D eigenvalue weighted by molar-refractivity contribution is -0.116. The Morgan fingerprint density at radius 1 is 1.11 bits per heavy atom. The molecule has 1 aromatic carbocycles. The van der Waals surface area contributed by atoms with E-state index in [4.69, 9.17) is 14.2 Å². The Labute approximate surface area is 212 Å². The molecule has 0 bridgehead atoms. The summed E-state index contributed by atoms with van der Waals surface area (Å²) < 4.78 is 17.5. The first-order chi connectivity index (χ1) is 17.2. The van der Waals surface area contributed by atoms with Gasteiger partial charge < -0.3 is 29.4 Å². The molecular formula is C27H36N4O5. The van der Waals surface area contributed by atoms with Crippen molar-refractivity contribution in [3.63, 3.8) is 0 Å². The summed E-state index contributed by atoms with van der Waals surface area (Å²) in [6.45, 7) is 9.36. The zero-order valence-electron chi connectivity index (χ0n) is 22.2. The molecule has 2 aromatic heterocycles. The number of amides is 1. The van der Waals surface area contributed by atoms with Gasteiger partial charge in [-0.25, -0.2) is 9.78 Å². The van der Waals surface area contributed by atoms with Gasteiger partial charge in [-0.15, -0.1) is 0 Å². The van der Waals surface area contributed by atoms with Crippen LogP contribution in [0.5, 0.6) is 5.75 Å². The van der Waals surface area contributed by atoms with Crippen molar-refractivity contribution in [2.45, 2.75) is 47.2 Å². The number of hydrogen-bond donors (Lipinski definition) is 2. The maximum Gasteiger partial charge on any atom is 0.356 e. The van der Waals surface area contributed by atoms with E-state index in [1.807, 2.05) is 39.0 Å². The Morgan fingerprint density at radius 2 is 1.86 bits per heavy atom. The predicted octanol–water partition coefficient (Wildman–Crippen LogP) is 4.69. The second kappa shape index (κ2) is 11.9. The van der Waals surface area contributed by atoms with Gasteiger partial charge in [-0.1, -0.05) is 19.9 Å². The first-order valence-corrected chi connectivity index (χ1v) is 12.0. The van der Waals surface area contributed by atoms with E-state index in [2.05, 4.69) is 22.5 Å². The topological polar surface area (TPSA) is 104 Å². The third-order valence-corrected chi connectivity index (χ3v) is 6.21. The molecular weight excluding hydrogens is 460 g/mol. The maximum absolute atomic E-state index is 12.8. The van der Waals surface area contributed by atoms with Crippen molar-refractivity contribution >= 4 is 34.3 Å². The van der Waals surface area contributed by atoms with Gasteiger partial charge >= 0.3 is 5.97 Å². The number of fused-ring (bicyclic) bond motifs is 1. The van der Waals surface area contributed by atoms with E-state index in [0.717, 1.165) is 28.1 Å². The number of nitrogens with one attached hydrogen (secondary N) is 2. The minimum atomic E-state index is -0.553. The Hall–Kier alpha value is -3.59. The molecule has 0 unspecified atom stereocenters. The molecule has 36 heavy (non-hydrogen) atoms. The second-order valence-corrected chi connectivity index (χ2v) is 9.13. The highest BCUT2D eigenvalue weighted by atomic mass is 16.5. The Balaban J connectivity index is 2.04. The fraction of sp³-hybridized carbons (Fsp3) is 0.444. The first-order valence-electron chi connectivity index (χ1n) is 12.0. The predicted molar refractivity (Wildman–Crippen MR) is 141 cm³/mol. The molecule has 0 spiro atoms. The van der Waals surface area contributed by atoms with Gasteiger partial charge in [0, 0.05) is 32.0 Å². The van der Waals surface area contributed by atoms with Crippen LogP contribution >= 0.6 is 0 Å². The molecule has 0 saturated carbocycles. The SMILES string of the molecule is COCCn1c(C(=O)OC)c(NC(=O)CC(C)C)c2cc(NCc3ccc(OC)c(C)c3C)cnc21. The fourth-order valence-corrected chi connectivity index (χ4v) is 4.18. The summed E-state index contributed by atoms with van der Waals surface area (Å²) in [6.07, 6.45) is 2.05. The van der Waals surface area contributed by atoms with Crippen LogP contribution in [0, 0.1) is 19.8 Å². The van der Waals surface area contributed by atoms with Crippen LogP contribution in [-0.2, 0) is 27.4 Å². The normalized spacial score (nSPS) is 11.1. The van der Waals surface area contributed by atoms with Crippen molar-refractivity contribution in [1.82, 2.24) is 9.55 Å². The molecule has 0 saturated heterocycles. The number of esters is 1. The fourth-order valence-electron chi connectivity index (χ4n) is 4.18. The lowest BCUT2D eigenvalue weighted by Gasteiger charge is -2.14. The smallest absolute Gasteiger partial charge is 0.356 e. The van der Waals surface area contributed by atoms with Crippen LogP contribution in [0.25, 0.3) is 11.0 Å². The number of rotatable bonds is 11. The molecule has 2 heterocycles. The standard InChI is InChI=1S/C27H36N4O5/c1-16(2)12-23(32)30-24-21-13-20(28-14-19-8-9-22(35-6)18(4)17(19)3)15-29-26(21)31(10-11-34-5)25(24)27(33)36-7/h8-9,13,15-16,28H,10-12,14H2,1-7H3,(H,30,32). The molecule has 3 aromatic rings. The van der Waals surface area contributed by atoms with Gasteiger partial charge in [-0.3, -0.25) is 4.79 Å². The summed E-state index contributed by atoms with van der Waals surface area (Å²) in [6, 6.07) is 5.89. The molecule has 0 aliphatic carbocycles. The number of nitrogens with zero attached hydrogens (tertiary/aromatic N) is 2. The third kappa shape index (κ3) is 5.79. The summed E-state index contributed by atoms with van der Waals surface area (Å²) in [5.74, 6) is 0.292. The highest BCUT2D eigenvalue weighted by molar-refractivity contribution is 6.11. The van der Waals surface area contributed by atoms with Gasteiger partial charge in [0.25, 0.3) is 0 Å². The van der Waals surface area contributed by atoms with Crippen molar-refractivity contribution in [3.05, 3.63) is 46.8 Å². The number of ether oxygens (including phenoxy) is 3. The van der Waals surface area contributed by atoms with Crippen LogP contribution in [0.4, 0.5) is 11.4 Å². The molecule has 0 aliphatic rings. The van der Waals surface area contributed by atoms with Crippen LogP contribution in [-0.4, -0.2) is 49.4 Å². The molecule has 0 aliphatic heterocycles. The van der Waals surface area contributed by atoms with Gasteiger partial charge in [-0.2, -0.15) is 0 Å². The Morgan fingerprint density at radius 3 is 2.50 bits per heavy atom. The molecule has 2 N–H and O–H groups in total.